The normalized spacial score (nSPS) is 19.7. The molecule has 0 spiro atoms. The van der Waals surface area contributed by atoms with E-state index in [4.69, 9.17) is 0 Å². The van der Waals surface area contributed by atoms with Gasteiger partial charge in [0.2, 0.25) is 11.8 Å². The molecular formula is C24H24N2O4S. The van der Waals surface area contributed by atoms with Crippen molar-refractivity contribution in [2.45, 2.75) is 24.2 Å². The zero-order chi connectivity index (χ0) is 21.8. The maximum absolute atomic E-state index is 12.7. The zero-order valence-electron chi connectivity index (χ0n) is 17.0. The molecule has 2 unspecified atom stereocenters. The molecule has 6 nitrogen and oxygen atoms in total. The molecule has 2 aromatic carbocycles. The van der Waals surface area contributed by atoms with Crippen molar-refractivity contribution < 1.29 is 19.5 Å². The first kappa shape index (κ1) is 21.2. The lowest BCUT2D eigenvalue weighted by Crippen LogP contribution is -2.34. The van der Waals surface area contributed by atoms with E-state index in [1.807, 2.05) is 53.5 Å². The van der Waals surface area contributed by atoms with Crippen LogP contribution in [0, 0.1) is 11.8 Å². The molecule has 2 N–H and O–H groups in total. The fraction of sp³-hybridized carbons (Fsp3) is 0.292. The second kappa shape index (κ2) is 9.39. The Morgan fingerprint density at radius 3 is 2.61 bits per heavy atom. The lowest BCUT2D eigenvalue weighted by Gasteiger charge is -2.24. The van der Waals surface area contributed by atoms with E-state index in [2.05, 4.69) is 11.4 Å². The average Bonchev–Trinajstić information content (AvgIpc) is 3.22. The largest absolute Gasteiger partial charge is 0.481 e. The van der Waals surface area contributed by atoms with Crippen molar-refractivity contribution >= 4 is 40.9 Å². The molecule has 0 radical (unpaired) electrons. The molecule has 1 aliphatic carbocycles. The molecular weight excluding hydrogens is 412 g/mol. The zero-order valence-corrected chi connectivity index (χ0v) is 17.8. The van der Waals surface area contributed by atoms with E-state index >= 15 is 0 Å². The molecule has 2 atom stereocenters. The summed E-state index contributed by atoms with van der Waals surface area (Å²) in [7, 11) is 0. The molecule has 160 valence electrons. The van der Waals surface area contributed by atoms with Crippen LogP contribution in [0.4, 0.5) is 11.4 Å². The van der Waals surface area contributed by atoms with Crippen LogP contribution >= 0.6 is 11.8 Å². The van der Waals surface area contributed by atoms with Crippen LogP contribution in [0.2, 0.25) is 0 Å². The number of para-hydroxylation sites is 1. The number of carbonyl (C=O) groups excluding carboxylic acids is 2. The maximum atomic E-state index is 12.7. The standard InChI is InChI=1S/C24H24N2O4S/c27-22(26-13-12-16-6-1-4-11-21(16)26)15-31-18-8-5-7-17(14-18)25-23(28)19-9-2-3-10-20(19)24(29)30/h1-8,11,14,19-20H,9-10,12-13,15H2,(H,25,28)(H,29,30). The lowest BCUT2D eigenvalue weighted by atomic mass is 9.82. The first-order valence-electron chi connectivity index (χ1n) is 10.3. The summed E-state index contributed by atoms with van der Waals surface area (Å²) in [6, 6.07) is 15.3. The number of nitrogens with zero attached hydrogens (tertiary/aromatic N) is 1. The maximum Gasteiger partial charge on any atom is 0.307 e. The third-order valence-corrected chi connectivity index (χ3v) is 6.72. The van der Waals surface area contributed by atoms with Crippen LogP contribution in [0.15, 0.2) is 65.6 Å². The summed E-state index contributed by atoms with van der Waals surface area (Å²) >= 11 is 1.42. The Morgan fingerprint density at radius 2 is 1.81 bits per heavy atom. The summed E-state index contributed by atoms with van der Waals surface area (Å²) in [5.41, 5.74) is 2.79. The number of hydrogen-bond donors (Lipinski definition) is 2. The molecule has 0 fully saturated rings. The number of nitrogens with one attached hydrogen (secondary N) is 1. The number of fused-ring (bicyclic) bond motifs is 1. The predicted octanol–water partition coefficient (Wildman–Crippen LogP) is 3.97. The van der Waals surface area contributed by atoms with E-state index in [1.165, 1.54) is 17.3 Å². The predicted molar refractivity (Wildman–Crippen MR) is 121 cm³/mol. The van der Waals surface area contributed by atoms with Crippen LogP contribution in [0.3, 0.4) is 0 Å². The van der Waals surface area contributed by atoms with Crippen molar-refractivity contribution in [2.24, 2.45) is 11.8 Å². The number of aliphatic carboxylic acids is 1. The Labute approximate surface area is 185 Å². The molecule has 2 amide bonds. The highest BCUT2D eigenvalue weighted by molar-refractivity contribution is 8.00. The molecule has 4 rings (SSSR count). The minimum Gasteiger partial charge on any atom is -0.481 e. The van der Waals surface area contributed by atoms with Crippen molar-refractivity contribution in [1.82, 2.24) is 0 Å². The first-order valence-corrected chi connectivity index (χ1v) is 11.3. The van der Waals surface area contributed by atoms with Gasteiger partial charge in [-0.05, 0) is 49.1 Å². The van der Waals surface area contributed by atoms with Gasteiger partial charge in [-0.3, -0.25) is 14.4 Å². The summed E-state index contributed by atoms with van der Waals surface area (Å²) in [5.74, 6) is -2.17. The van der Waals surface area contributed by atoms with Gasteiger partial charge in [0.1, 0.15) is 0 Å². The van der Waals surface area contributed by atoms with Gasteiger partial charge < -0.3 is 15.3 Å². The van der Waals surface area contributed by atoms with Crippen LogP contribution in [0.5, 0.6) is 0 Å². The van der Waals surface area contributed by atoms with Gasteiger partial charge in [-0.25, -0.2) is 0 Å². The van der Waals surface area contributed by atoms with Crippen LogP contribution in [-0.2, 0) is 20.8 Å². The molecule has 2 aromatic rings. The van der Waals surface area contributed by atoms with Crippen LogP contribution < -0.4 is 10.2 Å². The van der Waals surface area contributed by atoms with Gasteiger partial charge in [0.25, 0.3) is 0 Å². The highest BCUT2D eigenvalue weighted by Gasteiger charge is 2.34. The number of benzene rings is 2. The van der Waals surface area contributed by atoms with E-state index in [0.717, 1.165) is 17.0 Å². The number of carboxylic acids is 1. The topological polar surface area (TPSA) is 86.7 Å². The lowest BCUT2D eigenvalue weighted by molar-refractivity contribution is -0.146. The molecule has 0 aromatic heterocycles. The Kier molecular flexibility index (Phi) is 6.42. The number of hydrogen-bond acceptors (Lipinski definition) is 4. The third kappa shape index (κ3) is 4.82. The average molecular weight is 437 g/mol. The molecule has 1 heterocycles. The van der Waals surface area contributed by atoms with E-state index in [0.29, 0.717) is 30.8 Å². The Balaban J connectivity index is 1.36. The Morgan fingerprint density at radius 1 is 1.03 bits per heavy atom. The molecule has 1 aliphatic heterocycles. The van der Waals surface area contributed by atoms with E-state index in [1.54, 1.807) is 6.07 Å². The quantitative estimate of drug-likeness (QED) is 0.529. The molecule has 7 heteroatoms. The number of rotatable bonds is 6. The van der Waals surface area contributed by atoms with Crippen molar-refractivity contribution in [2.75, 3.05) is 22.5 Å². The van der Waals surface area contributed by atoms with E-state index in [-0.39, 0.29) is 11.8 Å². The van der Waals surface area contributed by atoms with Crippen LogP contribution in [0.25, 0.3) is 0 Å². The SMILES string of the molecule is O=C(O)C1CC=CCC1C(=O)Nc1cccc(SCC(=O)N2CCc3ccccc32)c1. The van der Waals surface area contributed by atoms with Crippen molar-refractivity contribution in [3.05, 3.63) is 66.2 Å². The third-order valence-electron chi connectivity index (χ3n) is 5.74. The second-order valence-corrected chi connectivity index (χ2v) is 8.77. The fourth-order valence-corrected chi connectivity index (χ4v) is 4.93. The van der Waals surface area contributed by atoms with Gasteiger partial charge >= 0.3 is 5.97 Å². The van der Waals surface area contributed by atoms with E-state index < -0.39 is 17.8 Å². The second-order valence-electron chi connectivity index (χ2n) is 7.72. The highest BCUT2D eigenvalue weighted by atomic mass is 32.2. The number of anilines is 2. The first-order chi connectivity index (χ1) is 15.0. The Bertz CT molecular complexity index is 1040. The van der Waals surface area contributed by atoms with E-state index in [9.17, 15) is 19.5 Å². The van der Waals surface area contributed by atoms with Crippen LogP contribution in [-0.4, -0.2) is 35.2 Å². The van der Waals surface area contributed by atoms with Gasteiger partial charge in [-0.2, -0.15) is 0 Å². The number of carbonyl (C=O) groups is 3. The van der Waals surface area contributed by atoms with Crippen LogP contribution in [0.1, 0.15) is 18.4 Å². The summed E-state index contributed by atoms with van der Waals surface area (Å²) in [5, 5.41) is 12.2. The smallest absolute Gasteiger partial charge is 0.307 e. The number of amides is 2. The van der Waals surface area contributed by atoms with Gasteiger partial charge in [0, 0.05) is 22.8 Å². The van der Waals surface area contributed by atoms with Crippen molar-refractivity contribution in [1.29, 1.82) is 0 Å². The molecule has 0 saturated carbocycles. The molecule has 0 saturated heterocycles. The van der Waals surface area contributed by atoms with Crippen molar-refractivity contribution in [3.8, 4) is 0 Å². The summed E-state index contributed by atoms with van der Waals surface area (Å²) in [4.78, 5) is 39.6. The molecule has 0 bridgehead atoms. The number of thioether (sulfide) groups is 1. The molecule has 2 aliphatic rings. The van der Waals surface area contributed by atoms with Gasteiger partial charge in [0.05, 0.1) is 17.6 Å². The Hall–Kier alpha value is -3.06. The van der Waals surface area contributed by atoms with Gasteiger partial charge in [-0.15, -0.1) is 11.8 Å². The number of allylic oxidation sites excluding steroid dienone is 2. The fourth-order valence-electron chi connectivity index (χ4n) is 4.10. The highest BCUT2D eigenvalue weighted by Crippen LogP contribution is 2.30. The minimum absolute atomic E-state index is 0.0580. The van der Waals surface area contributed by atoms with Crippen molar-refractivity contribution in [3.63, 3.8) is 0 Å². The monoisotopic (exact) mass is 436 g/mol. The summed E-state index contributed by atoms with van der Waals surface area (Å²) < 4.78 is 0. The molecule has 31 heavy (non-hydrogen) atoms. The van der Waals surface area contributed by atoms with Gasteiger partial charge in [0.15, 0.2) is 0 Å². The number of carboxylic acid groups (broad SMARTS) is 1. The summed E-state index contributed by atoms with van der Waals surface area (Å²) in [6.45, 7) is 0.704. The van der Waals surface area contributed by atoms with Gasteiger partial charge in [-0.1, -0.05) is 36.4 Å². The minimum atomic E-state index is -0.948. The summed E-state index contributed by atoms with van der Waals surface area (Å²) in [6.07, 6.45) is 5.34.